The van der Waals surface area contributed by atoms with Crippen LogP contribution in [0.3, 0.4) is 0 Å². The van der Waals surface area contributed by atoms with Crippen molar-refractivity contribution in [2.24, 2.45) is 0 Å². The predicted molar refractivity (Wildman–Crippen MR) is 72.0 cm³/mol. The van der Waals surface area contributed by atoms with Gasteiger partial charge in [0.2, 0.25) is 0 Å². The first-order chi connectivity index (χ1) is 9.19. The van der Waals surface area contributed by atoms with E-state index in [-0.39, 0.29) is 0 Å². The minimum absolute atomic E-state index is 0.318. The second-order valence-electron chi connectivity index (χ2n) is 3.63. The number of nitriles is 1. The van der Waals surface area contributed by atoms with E-state index in [4.69, 9.17) is 10.1 Å². The Morgan fingerprint density at radius 2 is 2.53 bits per heavy atom. The van der Waals surface area contributed by atoms with Crippen LogP contribution < -0.4 is 5.48 Å². The molecule has 104 valence electrons. The van der Waals surface area contributed by atoms with Gasteiger partial charge in [-0.1, -0.05) is 0 Å². The van der Waals surface area contributed by atoms with Crippen LogP contribution in [0.5, 0.6) is 0 Å². The molecule has 7 nitrogen and oxygen atoms in total. The highest BCUT2D eigenvalue weighted by atomic mass is 32.2. The summed E-state index contributed by atoms with van der Waals surface area (Å²) in [6.07, 6.45) is 3.42. The van der Waals surface area contributed by atoms with Crippen molar-refractivity contribution in [3.63, 3.8) is 0 Å². The summed E-state index contributed by atoms with van der Waals surface area (Å²) >= 11 is 1.66. The third-order valence-corrected chi connectivity index (χ3v) is 3.28. The van der Waals surface area contributed by atoms with Crippen LogP contribution in [0, 0.1) is 18.4 Å². The first-order valence-corrected chi connectivity index (χ1v) is 7.00. The molecule has 0 unspecified atom stereocenters. The molecule has 0 radical (unpaired) electrons. The molecule has 1 heterocycles. The number of nitrogens with zero attached hydrogens (tertiary/aromatic N) is 3. The molecule has 1 rings (SSSR count). The topological polar surface area (TPSA) is 94.0 Å². The van der Waals surface area contributed by atoms with E-state index in [2.05, 4.69) is 15.4 Å². The second kappa shape index (κ2) is 8.39. The summed E-state index contributed by atoms with van der Waals surface area (Å²) in [4.78, 5) is 24.5. The summed E-state index contributed by atoms with van der Waals surface area (Å²) < 4.78 is 0. The lowest BCUT2D eigenvalue weighted by atomic mass is 10.4. The zero-order chi connectivity index (χ0) is 14.1. The van der Waals surface area contributed by atoms with Gasteiger partial charge in [0.15, 0.2) is 6.19 Å². The van der Waals surface area contributed by atoms with Gasteiger partial charge < -0.3 is 4.98 Å². The number of amides is 2. The molecule has 2 amide bonds. The number of carbonyl (C=O) groups is 1. The van der Waals surface area contributed by atoms with Crippen molar-refractivity contribution in [1.82, 2.24) is 20.3 Å². The van der Waals surface area contributed by atoms with Crippen LogP contribution >= 0.6 is 11.8 Å². The minimum Gasteiger partial charge on any atom is -0.348 e. The molecule has 0 aliphatic carbocycles. The number of rotatable bonds is 7. The molecular formula is C11H17N5O2S. The molecular weight excluding hydrogens is 266 g/mol. The Morgan fingerprint density at radius 1 is 1.74 bits per heavy atom. The number of nitrogens with one attached hydrogen (secondary N) is 2. The summed E-state index contributed by atoms with van der Waals surface area (Å²) in [6, 6.07) is -0.543. The third kappa shape index (κ3) is 5.19. The highest BCUT2D eigenvalue weighted by Crippen LogP contribution is 2.11. The SMILES string of the molecule is CCN(C#N)C(=O)NOCCSCc1nc[nH]c1C. The zero-order valence-electron chi connectivity index (χ0n) is 11.0. The van der Waals surface area contributed by atoms with Crippen molar-refractivity contribution < 1.29 is 9.63 Å². The molecule has 0 saturated carbocycles. The molecule has 0 fully saturated rings. The summed E-state index contributed by atoms with van der Waals surface area (Å²) in [6.45, 7) is 4.38. The number of aromatic amines is 1. The number of H-pyrrole nitrogens is 1. The summed E-state index contributed by atoms with van der Waals surface area (Å²) in [5, 5.41) is 8.61. The Hall–Kier alpha value is -1.72. The molecule has 1 aromatic rings. The van der Waals surface area contributed by atoms with Gasteiger partial charge in [0, 0.05) is 23.7 Å². The molecule has 0 bridgehead atoms. The summed E-state index contributed by atoms with van der Waals surface area (Å²) in [5.41, 5.74) is 4.31. The number of thioether (sulfide) groups is 1. The lowest BCUT2D eigenvalue weighted by Crippen LogP contribution is -2.37. The number of carbonyl (C=O) groups excluding carboxylic acids is 1. The first-order valence-electron chi connectivity index (χ1n) is 5.84. The minimum atomic E-state index is -0.543. The summed E-state index contributed by atoms with van der Waals surface area (Å²) in [5.74, 6) is 1.52. The van der Waals surface area contributed by atoms with Gasteiger partial charge in [0.05, 0.1) is 18.6 Å². The largest absolute Gasteiger partial charge is 0.354 e. The van der Waals surface area contributed by atoms with E-state index in [1.807, 2.05) is 6.92 Å². The fourth-order valence-corrected chi connectivity index (χ4v) is 2.06. The van der Waals surface area contributed by atoms with Gasteiger partial charge in [-0.2, -0.15) is 17.0 Å². The van der Waals surface area contributed by atoms with Crippen LogP contribution in [-0.4, -0.2) is 39.8 Å². The van der Waals surface area contributed by atoms with Crippen molar-refractivity contribution in [2.45, 2.75) is 19.6 Å². The molecule has 0 aromatic carbocycles. The standard InChI is InChI=1S/C11H17N5O2S/c1-3-16(7-12)11(17)15-18-4-5-19-6-10-9(2)13-8-14-10/h8H,3-6H2,1-2H3,(H,13,14)(H,15,17). The number of aromatic nitrogens is 2. The van der Waals surface area contributed by atoms with Crippen molar-refractivity contribution in [3.05, 3.63) is 17.7 Å². The van der Waals surface area contributed by atoms with Gasteiger partial charge in [-0.15, -0.1) is 0 Å². The van der Waals surface area contributed by atoms with Gasteiger partial charge in [-0.3, -0.25) is 4.84 Å². The molecule has 1 aromatic heterocycles. The maximum absolute atomic E-state index is 11.3. The van der Waals surface area contributed by atoms with Crippen molar-refractivity contribution in [1.29, 1.82) is 5.26 Å². The van der Waals surface area contributed by atoms with Crippen molar-refractivity contribution >= 4 is 17.8 Å². The average Bonchev–Trinajstić information content (AvgIpc) is 2.81. The Morgan fingerprint density at radius 3 is 3.11 bits per heavy atom. The lowest BCUT2D eigenvalue weighted by Gasteiger charge is -2.11. The van der Waals surface area contributed by atoms with E-state index in [0.717, 1.165) is 27.8 Å². The number of hydrogen-bond donors (Lipinski definition) is 2. The van der Waals surface area contributed by atoms with Gasteiger partial charge in [-0.25, -0.2) is 20.2 Å². The first kappa shape index (κ1) is 15.3. The van der Waals surface area contributed by atoms with Gasteiger partial charge >= 0.3 is 6.03 Å². The normalized spacial score (nSPS) is 9.95. The zero-order valence-corrected chi connectivity index (χ0v) is 11.8. The summed E-state index contributed by atoms with van der Waals surface area (Å²) in [7, 11) is 0. The molecule has 2 N–H and O–H groups in total. The number of urea groups is 1. The molecule has 0 aliphatic heterocycles. The van der Waals surface area contributed by atoms with E-state index in [1.54, 1.807) is 31.2 Å². The number of imidazole rings is 1. The quantitative estimate of drug-likeness (QED) is 0.341. The molecule has 0 spiro atoms. The maximum Gasteiger partial charge on any atom is 0.354 e. The van der Waals surface area contributed by atoms with Gasteiger partial charge in [-0.05, 0) is 13.8 Å². The van der Waals surface area contributed by atoms with E-state index in [0.29, 0.717) is 13.2 Å². The highest BCUT2D eigenvalue weighted by molar-refractivity contribution is 7.98. The predicted octanol–water partition coefficient (Wildman–Crippen LogP) is 1.40. The molecule has 0 saturated heterocycles. The van der Waals surface area contributed by atoms with Gasteiger partial charge in [0.1, 0.15) is 0 Å². The van der Waals surface area contributed by atoms with Crippen molar-refractivity contribution in [3.8, 4) is 6.19 Å². The Kier molecular flexibility index (Phi) is 6.78. The van der Waals surface area contributed by atoms with E-state index in [9.17, 15) is 4.79 Å². The lowest BCUT2D eigenvalue weighted by molar-refractivity contribution is 0.0636. The fourth-order valence-electron chi connectivity index (χ4n) is 1.23. The smallest absolute Gasteiger partial charge is 0.348 e. The fraction of sp³-hybridized carbons (Fsp3) is 0.545. The van der Waals surface area contributed by atoms with E-state index in [1.165, 1.54) is 0 Å². The highest BCUT2D eigenvalue weighted by Gasteiger charge is 2.09. The van der Waals surface area contributed by atoms with Crippen LogP contribution in [0.1, 0.15) is 18.3 Å². The molecule has 19 heavy (non-hydrogen) atoms. The van der Waals surface area contributed by atoms with Crippen LogP contribution in [0.4, 0.5) is 4.79 Å². The maximum atomic E-state index is 11.3. The third-order valence-electron chi connectivity index (χ3n) is 2.34. The number of hydroxylamine groups is 1. The molecule has 0 atom stereocenters. The Bertz CT molecular complexity index is 443. The van der Waals surface area contributed by atoms with Gasteiger partial charge in [0.25, 0.3) is 0 Å². The Labute approximate surface area is 116 Å². The average molecular weight is 283 g/mol. The second-order valence-corrected chi connectivity index (χ2v) is 4.73. The Balaban J connectivity index is 2.07. The van der Waals surface area contributed by atoms with Crippen LogP contribution in [0.25, 0.3) is 0 Å². The van der Waals surface area contributed by atoms with Crippen LogP contribution in [0.2, 0.25) is 0 Å². The monoisotopic (exact) mass is 283 g/mol. The number of aryl methyl sites for hydroxylation is 1. The van der Waals surface area contributed by atoms with Crippen LogP contribution in [-0.2, 0) is 10.6 Å². The molecule has 0 aliphatic rings. The van der Waals surface area contributed by atoms with E-state index >= 15 is 0 Å². The number of hydrogen-bond acceptors (Lipinski definition) is 5. The molecule has 8 heteroatoms. The van der Waals surface area contributed by atoms with Crippen LogP contribution in [0.15, 0.2) is 6.33 Å². The van der Waals surface area contributed by atoms with Crippen molar-refractivity contribution in [2.75, 3.05) is 18.9 Å². The van der Waals surface area contributed by atoms with E-state index < -0.39 is 6.03 Å².